The number of aromatic hydroxyl groups is 1. The first-order chi connectivity index (χ1) is 19.5. The zero-order chi connectivity index (χ0) is 31.8. The summed E-state index contributed by atoms with van der Waals surface area (Å²) < 4.78 is 0. The van der Waals surface area contributed by atoms with Gasteiger partial charge in [0.05, 0.1) is 23.6 Å². The summed E-state index contributed by atoms with van der Waals surface area (Å²) in [4.78, 5) is 50.1. The number of carbonyl (C=O) groups excluding carboxylic acids is 3. The van der Waals surface area contributed by atoms with Crippen molar-refractivity contribution in [1.29, 1.82) is 0 Å². The summed E-state index contributed by atoms with van der Waals surface area (Å²) in [6.45, 7) is 2.28. The monoisotopic (exact) mass is 608 g/mol. The summed E-state index contributed by atoms with van der Waals surface area (Å²) in [6.07, 6.45) is 0.575. The van der Waals surface area contributed by atoms with Crippen molar-refractivity contribution in [2.75, 3.05) is 20.6 Å². The number of nitrogens with two attached hydrogens (primary N) is 3. The molecule has 0 aromatic heterocycles. The van der Waals surface area contributed by atoms with Gasteiger partial charge in [-0.3, -0.25) is 24.1 Å². The van der Waals surface area contributed by atoms with E-state index in [-0.39, 0.29) is 16.8 Å². The number of nitrogens with zero attached hydrogens (tertiary/aromatic N) is 1. The average molecular weight is 609 g/mol. The topological polar surface area (TPSA) is 302 Å². The number of aliphatic hydroxyl groups excluding tert-OH is 3. The molecule has 15 heteroatoms. The number of rotatable bonds is 7. The average Bonchev–Trinajstić information content (AvgIpc) is 2.90. The summed E-state index contributed by atoms with van der Waals surface area (Å²) in [7, 11) is 2.92. The van der Waals surface area contributed by atoms with E-state index in [9.17, 15) is 44.7 Å². The Morgan fingerprint density at radius 3 is 2.23 bits per heavy atom. The van der Waals surface area contributed by atoms with Crippen LogP contribution in [0.25, 0.3) is 5.76 Å². The molecule has 1 aromatic rings. The van der Waals surface area contributed by atoms with Gasteiger partial charge >= 0.3 is 5.97 Å². The van der Waals surface area contributed by atoms with Crippen molar-refractivity contribution in [3.8, 4) is 5.75 Å². The molecule has 0 radical (unpaired) electrons. The maximum atomic E-state index is 13.7. The third-order valence-corrected chi connectivity index (χ3v) is 8.28. The number of unbranched alkanes of at least 4 members (excludes halogenated alkanes) is 1. The first kappa shape index (κ1) is 35.3. The molecule has 0 bridgehead atoms. The van der Waals surface area contributed by atoms with Crippen molar-refractivity contribution >= 4 is 29.2 Å². The highest BCUT2D eigenvalue weighted by Crippen LogP contribution is 2.55. The molecule has 14 N–H and O–H groups in total. The third-order valence-electron chi connectivity index (χ3n) is 8.28. The molecule has 4 rings (SSSR count). The lowest BCUT2D eigenvalue weighted by Crippen LogP contribution is -2.70. The third kappa shape index (κ3) is 5.74. The number of carboxylic acids is 1. The second kappa shape index (κ2) is 13.2. The number of Topliss-reactive ketones (excluding diaryl/α,β-unsaturated/α-hetero) is 2. The Morgan fingerprint density at radius 1 is 1.12 bits per heavy atom. The summed E-state index contributed by atoms with van der Waals surface area (Å²) >= 11 is 0. The van der Waals surface area contributed by atoms with Crippen LogP contribution in [0, 0.1) is 11.8 Å². The Morgan fingerprint density at radius 2 is 1.72 bits per heavy atom. The number of aliphatic carboxylic acids is 1. The van der Waals surface area contributed by atoms with Crippen molar-refractivity contribution in [2.24, 2.45) is 29.0 Å². The molecule has 7 atom stereocenters. The second-order valence-electron chi connectivity index (χ2n) is 11.0. The molecule has 1 aromatic carbocycles. The highest BCUT2D eigenvalue weighted by Gasteiger charge is 2.68. The molecule has 3 aliphatic carbocycles. The van der Waals surface area contributed by atoms with Crippen LogP contribution < -0.4 is 17.2 Å². The van der Waals surface area contributed by atoms with Crippen LogP contribution in [0.5, 0.6) is 5.75 Å². The van der Waals surface area contributed by atoms with Crippen molar-refractivity contribution in [3.05, 3.63) is 46.2 Å². The number of hydrogen-bond acceptors (Lipinski definition) is 12. The molecular weight excluding hydrogens is 568 g/mol. The smallest absolute Gasteiger partial charge is 0.320 e. The standard InChI is InChI=1S/C22H24N2O8.C6H14N2O2.H2O/c1-7-8-5-4-6-9(25)11(8)16(26)12-10(7)17(27)14-15(24(2)3)18(28)13(21(23)31)20(30)22(14,32)19(12)29;7-4-2-1-3-5(8)6(9)10;/h4-7,10,14-15,17,25-27,30,32H,1-3H3,(H2,23,31);5H,1-4,7-8H2,(H,9,10);1H2/t7-,10+,14+,15-,17-,22-;;/m0../s1. The number of fused-ring (bicyclic) bond motifs is 3. The quantitative estimate of drug-likeness (QED) is 0.122. The number of hydrogen-bond donors (Lipinski definition) is 9. The highest BCUT2D eigenvalue weighted by molar-refractivity contribution is 6.24. The largest absolute Gasteiger partial charge is 0.508 e. The van der Waals surface area contributed by atoms with Gasteiger partial charge in [0.15, 0.2) is 11.4 Å². The number of phenols is 1. The van der Waals surface area contributed by atoms with E-state index in [0.717, 1.165) is 12.8 Å². The van der Waals surface area contributed by atoms with Crippen LogP contribution in [0.3, 0.4) is 0 Å². The highest BCUT2D eigenvalue weighted by atomic mass is 16.4. The number of amides is 1. The lowest BCUT2D eigenvalue weighted by atomic mass is 9.54. The van der Waals surface area contributed by atoms with Crippen molar-refractivity contribution in [3.63, 3.8) is 0 Å². The molecular formula is C28H40N4O11. The minimum Gasteiger partial charge on any atom is -0.508 e. The van der Waals surface area contributed by atoms with E-state index in [1.165, 1.54) is 25.1 Å². The molecule has 43 heavy (non-hydrogen) atoms. The van der Waals surface area contributed by atoms with E-state index in [1.54, 1.807) is 19.1 Å². The van der Waals surface area contributed by atoms with Crippen LogP contribution in [0.1, 0.15) is 43.2 Å². The van der Waals surface area contributed by atoms with E-state index in [2.05, 4.69) is 0 Å². The number of aliphatic hydroxyl groups is 4. The van der Waals surface area contributed by atoms with Gasteiger partial charge in [0.1, 0.15) is 28.9 Å². The predicted octanol–water partition coefficient (Wildman–Crippen LogP) is -1.80. The van der Waals surface area contributed by atoms with Gasteiger partial charge in [-0.15, -0.1) is 0 Å². The first-order valence-electron chi connectivity index (χ1n) is 13.4. The fourth-order valence-corrected chi connectivity index (χ4v) is 6.21. The van der Waals surface area contributed by atoms with E-state index in [0.29, 0.717) is 18.5 Å². The molecule has 3 aliphatic rings. The van der Waals surface area contributed by atoms with Crippen LogP contribution in [0.2, 0.25) is 0 Å². The van der Waals surface area contributed by atoms with E-state index in [1.807, 2.05) is 0 Å². The Hall–Kier alpha value is -3.86. The van der Waals surface area contributed by atoms with Crippen LogP contribution in [0.4, 0.5) is 0 Å². The lowest BCUT2D eigenvalue weighted by molar-refractivity contribution is -0.169. The summed E-state index contributed by atoms with van der Waals surface area (Å²) in [5.74, 6) is -9.80. The SMILES string of the molecule is C[C@H]1c2cccc(O)c2C(O)=C2C(=O)[C@]3(O)C(O)=C(C(N)=O)C(=O)[C@@H](N(C)C)[C@@H]3[C@@H](O)[C@@H]21.NCCCCC(N)C(=O)O.O. The number of primary amides is 1. The molecule has 1 unspecified atom stereocenters. The van der Waals surface area contributed by atoms with Gasteiger partial charge in [-0.25, -0.2) is 0 Å². The van der Waals surface area contributed by atoms with Gasteiger partial charge < -0.3 is 53.3 Å². The number of carbonyl (C=O) groups is 4. The molecule has 1 saturated carbocycles. The molecule has 0 spiro atoms. The van der Waals surface area contributed by atoms with Crippen molar-refractivity contribution < 1.29 is 55.3 Å². The fourth-order valence-electron chi connectivity index (χ4n) is 6.21. The Bertz CT molecular complexity index is 1360. The van der Waals surface area contributed by atoms with Crippen LogP contribution in [0.15, 0.2) is 35.1 Å². The molecule has 15 nitrogen and oxygen atoms in total. The fraction of sp³-hybridized carbons (Fsp3) is 0.500. The maximum absolute atomic E-state index is 13.7. The number of benzene rings is 1. The maximum Gasteiger partial charge on any atom is 0.320 e. The number of phenolic OH excluding ortho intramolecular Hbond substituents is 1. The lowest BCUT2D eigenvalue weighted by Gasteiger charge is -2.53. The van der Waals surface area contributed by atoms with Crippen molar-refractivity contribution in [2.45, 2.75) is 55.9 Å². The molecule has 0 saturated heterocycles. The van der Waals surface area contributed by atoms with Crippen molar-refractivity contribution in [1.82, 2.24) is 4.90 Å². The van der Waals surface area contributed by atoms with Gasteiger partial charge in [-0.2, -0.15) is 0 Å². The Balaban J connectivity index is 0.000000507. The minimum absolute atomic E-state index is 0. The van der Waals surface area contributed by atoms with Gasteiger partial charge in [-0.1, -0.05) is 25.5 Å². The van der Waals surface area contributed by atoms with Gasteiger partial charge in [0.25, 0.3) is 5.91 Å². The molecule has 0 aliphatic heterocycles. The Kier molecular flexibility index (Phi) is 10.8. The molecule has 0 heterocycles. The van der Waals surface area contributed by atoms with E-state index >= 15 is 0 Å². The summed E-state index contributed by atoms with van der Waals surface area (Å²) in [5, 5.41) is 63.2. The molecule has 238 valence electrons. The zero-order valence-corrected chi connectivity index (χ0v) is 24.0. The van der Waals surface area contributed by atoms with E-state index in [4.69, 9.17) is 22.3 Å². The van der Waals surface area contributed by atoms with Gasteiger partial charge in [0, 0.05) is 11.5 Å². The number of likely N-dealkylation sites (N-methyl/N-ethyl adjacent to an activating group) is 1. The molecule has 1 amide bonds. The minimum atomic E-state index is -2.89. The first-order valence-corrected chi connectivity index (χ1v) is 13.4. The van der Waals surface area contributed by atoms with Gasteiger partial charge in [-0.05, 0) is 51.0 Å². The summed E-state index contributed by atoms with van der Waals surface area (Å²) in [5.41, 5.74) is 11.9. The number of ketones is 2. The summed E-state index contributed by atoms with van der Waals surface area (Å²) in [6, 6.07) is 2.42. The predicted molar refractivity (Wildman–Crippen MR) is 152 cm³/mol. The van der Waals surface area contributed by atoms with E-state index < -0.39 is 87.6 Å². The van der Waals surface area contributed by atoms with Gasteiger partial charge in [0.2, 0.25) is 5.78 Å². The second-order valence-corrected chi connectivity index (χ2v) is 11.0. The van der Waals surface area contributed by atoms with Crippen LogP contribution >= 0.6 is 0 Å². The van der Waals surface area contributed by atoms with Crippen LogP contribution in [-0.2, 0) is 19.2 Å². The van der Waals surface area contributed by atoms with Crippen LogP contribution in [-0.4, -0.2) is 109 Å². The normalized spacial score (nSPS) is 28.6. The number of carboxylic acid groups (broad SMARTS) is 1. The zero-order valence-electron chi connectivity index (χ0n) is 24.0. The Labute approximate surface area is 247 Å². The molecule has 1 fully saturated rings.